The first-order chi connectivity index (χ1) is 9.16. The highest BCUT2D eigenvalue weighted by Crippen LogP contribution is 2.25. The Morgan fingerprint density at radius 3 is 2.50 bits per heavy atom. The average Bonchev–Trinajstić information content (AvgIpc) is 2.31. The Hall–Kier alpha value is -1.11. The molecule has 20 heavy (non-hydrogen) atoms. The van der Waals surface area contributed by atoms with Crippen LogP contribution < -0.4 is 0 Å². The zero-order valence-electron chi connectivity index (χ0n) is 11.6. The van der Waals surface area contributed by atoms with Crippen LogP contribution in [0.3, 0.4) is 0 Å². The fourth-order valence-electron chi connectivity index (χ4n) is 1.84. The quantitative estimate of drug-likeness (QED) is 0.874. The zero-order valence-corrected chi connectivity index (χ0v) is 13.2. The summed E-state index contributed by atoms with van der Waals surface area (Å²) in [7, 11) is -3.76. The van der Waals surface area contributed by atoms with Gasteiger partial charge in [0.15, 0.2) is 0 Å². The number of halogens is 1. The smallest absolute Gasteiger partial charge is 0.304 e. The van der Waals surface area contributed by atoms with Gasteiger partial charge in [0.2, 0.25) is 10.0 Å². The largest absolute Gasteiger partial charge is 0.481 e. The van der Waals surface area contributed by atoms with Gasteiger partial charge in [-0.2, -0.15) is 4.31 Å². The normalized spacial score (nSPS) is 12.1. The molecule has 0 bridgehead atoms. The van der Waals surface area contributed by atoms with Crippen LogP contribution in [0, 0.1) is 6.92 Å². The van der Waals surface area contributed by atoms with E-state index in [-0.39, 0.29) is 23.9 Å². The van der Waals surface area contributed by atoms with E-state index < -0.39 is 16.0 Å². The maximum atomic E-state index is 12.6. The summed E-state index contributed by atoms with van der Waals surface area (Å²) in [6.07, 6.45) is -0.239. The van der Waals surface area contributed by atoms with Crippen molar-refractivity contribution in [3.8, 4) is 0 Å². The minimum Gasteiger partial charge on any atom is -0.481 e. The van der Waals surface area contributed by atoms with Gasteiger partial charge < -0.3 is 5.11 Å². The van der Waals surface area contributed by atoms with Crippen LogP contribution in [0.4, 0.5) is 0 Å². The fourth-order valence-corrected chi connectivity index (χ4v) is 3.97. The lowest BCUT2D eigenvalue weighted by atomic mass is 10.2. The van der Waals surface area contributed by atoms with Gasteiger partial charge in [-0.3, -0.25) is 4.79 Å². The zero-order chi connectivity index (χ0) is 15.5. The first-order valence-corrected chi connectivity index (χ1v) is 7.98. The second-order valence-corrected chi connectivity index (χ2v) is 7.06. The predicted molar refractivity (Wildman–Crippen MR) is 77.5 cm³/mol. The number of carbonyl (C=O) groups is 1. The molecule has 0 saturated heterocycles. The van der Waals surface area contributed by atoms with E-state index >= 15 is 0 Å². The van der Waals surface area contributed by atoms with Crippen molar-refractivity contribution in [3.63, 3.8) is 0 Å². The van der Waals surface area contributed by atoms with E-state index in [9.17, 15) is 13.2 Å². The lowest BCUT2D eigenvalue weighted by Gasteiger charge is -2.26. The summed E-state index contributed by atoms with van der Waals surface area (Å²) < 4.78 is 26.4. The van der Waals surface area contributed by atoms with Crippen molar-refractivity contribution >= 4 is 27.6 Å². The number of rotatable bonds is 6. The van der Waals surface area contributed by atoms with Gasteiger partial charge in [0, 0.05) is 17.6 Å². The minimum atomic E-state index is -3.76. The van der Waals surface area contributed by atoms with Crippen LogP contribution >= 0.6 is 11.6 Å². The molecule has 0 aliphatic carbocycles. The van der Waals surface area contributed by atoms with Gasteiger partial charge in [0.05, 0.1) is 11.3 Å². The number of sulfonamides is 1. The van der Waals surface area contributed by atoms with Crippen molar-refractivity contribution in [3.05, 3.63) is 28.8 Å². The molecule has 0 amide bonds. The second-order valence-electron chi connectivity index (χ2n) is 4.76. The van der Waals surface area contributed by atoms with E-state index in [2.05, 4.69) is 0 Å². The summed E-state index contributed by atoms with van der Waals surface area (Å²) in [4.78, 5) is 10.8. The third kappa shape index (κ3) is 3.94. The maximum Gasteiger partial charge on any atom is 0.304 e. The number of carboxylic acid groups (broad SMARTS) is 1. The first kappa shape index (κ1) is 16.9. The van der Waals surface area contributed by atoms with Gasteiger partial charge in [0.1, 0.15) is 0 Å². The molecule has 0 aliphatic rings. The van der Waals surface area contributed by atoms with Crippen molar-refractivity contribution in [2.24, 2.45) is 0 Å². The Kier molecular flexibility index (Phi) is 5.56. The van der Waals surface area contributed by atoms with Gasteiger partial charge in [-0.05, 0) is 38.5 Å². The topological polar surface area (TPSA) is 74.7 Å². The van der Waals surface area contributed by atoms with Crippen LogP contribution in [0.1, 0.15) is 25.8 Å². The molecule has 112 valence electrons. The Bertz CT molecular complexity index is 598. The average molecular weight is 320 g/mol. The minimum absolute atomic E-state index is 0.0682. The molecule has 0 fully saturated rings. The summed E-state index contributed by atoms with van der Waals surface area (Å²) in [5, 5.41) is 9.07. The van der Waals surface area contributed by atoms with Crippen LogP contribution in [0.5, 0.6) is 0 Å². The molecule has 1 aromatic rings. The number of benzene rings is 1. The first-order valence-electron chi connectivity index (χ1n) is 6.16. The van der Waals surface area contributed by atoms with Gasteiger partial charge in [-0.1, -0.05) is 17.7 Å². The van der Waals surface area contributed by atoms with Crippen molar-refractivity contribution in [2.45, 2.75) is 38.1 Å². The Balaban J connectivity index is 3.22. The number of aryl methyl sites for hydroxylation is 1. The third-order valence-electron chi connectivity index (χ3n) is 2.86. The van der Waals surface area contributed by atoms with Crippen LogP contribution in [0.2, 0.25) is 5.02 Å². The van der Waals surface area contributed by atoms with Gasteiger partial charge in [0.25, 0.3) is 0 Å². The van der Waals surface area contributed by atoms with Crippen LogP contribution in [-0.2, 0) is 14.8 Å². The molecule has 1 aromatic carbocycles. The highest BCUT2D eigenvalue weighted by molar-refractivity contribution is 7.89. The van der Waals surface area contributed by atoms with E-state index in [0.29, 0.717) is 10.6 Å². The molecule has 0 radical (unpaired) electrons. The van der Waals surface area contributed by atoms with E-state index in [1.165, 1.54) is 10.4 Å². The number of aliphatic carboxylic acids is 1. The lowest BCUT2D eigenvalue weighted by Crippen LogP contribution is -2.38. The van der Waals surface area contributed by atoms with E-state index in [1.807, 2.05) is 0 Å². The Morgan fingerprint density at radius 2 is 2.00 bits per heavy atom. The summed E-state index contributed by atoms with van der Waals surface area (Å²) in [6, 6.07) is 4.30. The fraction of sp³-hybridized carbons (Fsp3) is 0.462. The highest BCUT2D eigenvalue weighted by Gasteiger charge is 2.28. The number of hydrogen-bond acceptors (Lipinski definition) is 3. The maximum absolute atomic E-state index is 12.6. The molecule has 0 unspecified atom stereocenters. The van der Waals surface area contributed by atoms with Crippen LogP contribution in [0.15, 0.2) is 23.1 Å². The predicted octanol–water partition coefficient (Wildman–Crippen LogP) is 2.52. The molecule has 0 heterocycles. The molecule has 1 rings (SSSR count). The molecular formula is C13H18ClNO4S. The molecule has 0 aromatic heterocycles. The van der Waals surface area contributed by atoms with E-state index in [4.69, 9.17) is 16.7 Å². The molecule has 1 N–H and O–H groups in total. The summed E-state index contributed by atoms with van der Waals surface area (Å²) in [5.74, 6) is -1.03. The third-order valence-corrected chi connectivity index (χ3v) is 5.31. The summed E-state index contributed by atoms with van der Waals surface area (Å²) >= 11 is 5.86. The molecule has 0 spiro atoms. The van der Waals surface area contributed by atoms with Crippen molar-refractivity contribution in [2.75, 3.05) is 6.54 Å². The van der Waals surface area contributed by atoms with Crippen LogP contribution in [0.25, 0.3) is 0 Å². The molecule has 0 atom stereocenters. The molecule has 0 saturated carbocycles. The molecule has 5 nitrogen and oxygen atoms in total. The molecule has 0 aliphatic heterocycles. The Labute approximate surface area is 124 Å². The summed E-state index contributed by atoms with van der Waals surface area (Å²) in [6.45, 7) is 5.03. The van der Waals surface area contributed by atoms with Gasteiger partial charge in [-0.15, -0.1) is 0 Å². The SMILES string of the molecule is Cc1ccc(Cl)cc1S(=O)(=O)N(CCC(=O)O)C(C)C. The highest BCUT2D eigenvalue weighted by atomic mass is 35.5. The van der Waals surface area contributed by atoms with Crippen molar-refractivity contribution in [1.82, 2.24) is 4.31 Å². The van der Waals surface area contributed by atoms with E-state index in [1.54, 1.807) is 32.9 Å². The van der Waals surface area contributed by atoms with E-state index in [0.717, 1.165) is 0 Å². The Morgan fingerprint density at radius 1 is 1.40 bits per heavy atom. The van der Waals surface area contributed by atoms with Gasteiger partial charge >= 0.3 is 5.97 Å². The number of hydrogen-bond donors (Lipinski definition) is 1. The molecule has 7 heteroatoms. The van der Waals surface area contributed by atoms with Crippen molar-refractivity contribution < 1.29 is 18.3 Å². The monoisotopic (exact) mass is 319 g/mol. The van der Waals surface area contributed by atoms with Gasteiger partial charge in [-0.25, -0.2) is 8.42 Å². The lowest BCUT2D eigenvalue weighted by molar-refractivity contribution is -0.137. The number of carboxylic acids is 1. The number of nitrogens with zero attached hydrogens (tertiary/aromatic N) is 1. The second kappa shape index (κ2) is 6.56. The van der Waals surface area contributed by atoms with Crippen LogP contribution in [-0.4, -0.2) is 36.4 Å². The van der Waals surface area contributed by atoms with Crippen molar-refractivity contribution in [1.29, 1.82) is 0 Å². The summed E-state index contributed by atoms with van der Waals surface area (Å²) in [5.41, 5.74) is 0.579. The molecular weight excluding hydrogens is 302 g/mol. The standard InChI is InChI=1S/C13H18ClNO4S/c1-9(2)15(7-6-13(16)17)20(18,19)12-8-11(14)5-4-10(12)3/h4-5,8-9H,6-7H2,1-3H3,(H,16,17).